The first-order chi connectivity index (χ1) is 12.5. The van der Waals surface area contributed by atoms with Crippen molar-refractivity contribution in [3.05, 3.63) is 11.7 Å². The maximum atomic E-state index is 13.2. The first kappa shape index (κ1) is 18.0. The minimum absolute atomic E-state index is 0.167. The lowest BCUT2D eigenvalue weighted by atomic mass is 9.65. The van der Waals surface area contributed by atoms with E-state index in [1.807, 2.05) is 0 Å². The van der Waals surface area contributed by atoms with Gasteiger partial charge in [0.2, 0.25) is 11.8 Å². The van der Waals surface area contributed by atoms with Gasteiger partial charge in [-0.3, -0.25) is 4.79 Å². The standard InChI is InChI=1S/C20H32N4O2/c1-12(2)19-22-18(23-26-19)15-7-4-8-24(11-15)20(25)16-9-13-5-3-6-14(10-16)17(13)21/h12-17H,3-11,21H2,1-2H3. The van der Waals surface area contributed by atoms with Crippen LogP contribution in [0.25, 0.3) is 0 Å². The zero-order chi connectivity index (χ0) is 18.3. The summed E-state index contributed by atoms with van der Waals surface area (Å²) in [6.45, 7) is 5.70. The van der Waals surface area contributed by atoms with Crippen LogP contribution in [0, 0.1) is 17.8 Å². The first-order valence-corrected chi connectivity index (χ1v) is 10.4. The topological polar surface area (TPSA) is 85.2 Å². The van der Waals surface area contributed by atoms with E-state index in [1.54, 1.807) is 0 Å². The second-order valence-electron chi connectivity index (χ2n) is 8.97. The number of hydrogen-bond acceptors (Lipinski definition) is 5. The number of likely N-dealkylation sites (tertiary alicyclic amines) is 1. The molecule has 1 aliphatic heterocycles. The number of fused-ring (bicyclic) bond motifs is 2. The van der Waals surface area contributed by atoms with Crippen molar-refractivity contribution in [2.24, 2.45) is 23.5 Å². The Kier molecular flexibility index (Phi) is 5.04. The molecule has 3 atom stereocenters. The van der Waals surface area contributed by atoms with Crippen LogP contribution < -0.4 is 5.73 Å². The van der Waals surface area contributed by atoms with Crippen LogP contribution in [0.3, 0.4) is 0 Å². The highest BCUT2D eigenvalue weighted by Crippen LogP contribution is 2.42. The lowest BCUT2D eigenvalue weighted by molar-refractivity contribution is -0.140. The summed E-state index contributed by atoms with van der Waals surface area (Å²) in [5.74, 6) is 3.50. The van der Waals surface area contributed by atoms with Crippen LogP contribution >= 0.6 is 0 Å². The Labute approximate surface area is 155 Å². The molecule has 1 amide bonds. The molecule has 1 aromatic heterocycles. The molecule has 3 fully saturated rings. The van der Waals surface area contributed by atoms with Gasteiger partial charge in [-0.2, -0.15) is 4.98 Å². The zero-order valence-electron chi connectivity index (χ0n) is 16.1. The number of rotatable bonds is 3. The minimum atomic E-state index is 0.167. The number of piperidine rings is 1. The smallest absolute Gasteiger partial charge is 0.229 e. The van der Waals surface area contributed by atoms with Gasteiger partial charge in [0, 0.05) is 36.9 Å². The van der Waals surface area contributed by atoms with Crippen LogP contribution in [0.5, 0.6) is 0 Å². The fourth-order valence-electron chi connectivity index (χ4n) is 5.28. The number of nitrogens with two attached hydrogens (primary N) is 1. The molecule has 6 heteroatoms. The van der Waals surface area contributed by atoms with E-state index < -0.39 is 0 Å². The Morgan fingerprint density at radius 3 is 2.58 bits per heavy atom. The molecule has 0 radical (unpaired) electrons. The highest BCUT2D eigenvalue weighted by Gasteiger charge is 2.42. The summed E-state index contributed by atoms with van der Waals surface area (Å²) < 4.78 is 5.37. The number of amides is 1. The van der Waals surface area contributed by atoms with Crippen molar-refractivity contribution in [2.45, 2.75) is 76.7 Å². The quantitative estimate of drug-likeness (QED) is 0.895. The maximum Gasteiger partial charge on any atom is 0.229 e. The summed E-state index contributed by atoms with van der Waals surface area (Å²) in [5.41, 5.74) is 6.40. The second-order valence-corrected chi connectivity index (χ2v) is 8.97. The van der Waals surface area contributed by atoms with Crippen LogP contribution in [-0.4, -0.2) is 40.1 Å². The summed E-state index contributed by atoms with van der Waals surface area (Å²) >= 11 is 0. The fourth-order valence-corrected chi connectivity index (χ4v) is 5.28. The molecule has 4 rings (SSSR count). The lowest BCUT2D eigenvalue weighted by Gasteiger charge is -2.45. The van der Waals surface area contributed by atoms with Crippen LogP contribution in [0.4, 0.5) is 0 Å². The van der Waals surface area contributed by atoms with E-state index >= 15 is 0 Å². The summed E-state index contributed by atoms with van der Waals surface area (Å²) in [6, 6.07) is 0.315. The zero-order valence-corrected chi connectivity index (χ0v) is 16.1. The average Bonchev–Trinajstić information content (AvgIpc) is 3.11. The molecule has 1 saturated heterocycles. The van der Waals surface area contributed by atoms with Crippen LogP contribution in [0.15, 0.2) is 4.52 Å². The van der Waals surface area contributed by atoms with Crippen molar-refractivity contribution in [3.63, 3.8) is 0 Å². The predicted octanol–water partition coefficient (Wildman–Crippen LogP) is 3.05. The second kappa shape index (κ2) is 7.29. The van der Waals surface area contributed by atoms with Gasteiger partial charge in [0.25, 0.3) is 0 Å². The molecule has 2 N–H and O–H groups in total. The Morgan fingerprint density at radius 2 is 1.92 bits per heavy atom. The Hall–Kier alpha value is -1.43. The normalized spacial score (nSPS) is 34.9. The highest BCUT2D eigenvalue weighted by atomic mass is 16.5. The van der Waals surface area contributed by atoms with Crippen LogP contribution in [0.1, 0.15) is 82.3 Å². The summed E-state index contributed by atoms with van der Waals surface area (Å²) in [5, 5.41) is 4.18. The number of aromatic nitrogens is 2. The van der Waals surface area contributed by atoms with Crippen molar-refractivity contribution in [1.29, 1.82) is 0 Å². The monoisotopic (exact) mass is 360 g/mol. The van der Waals surface area contributed by atoms with Gasteiger partial charge in [-0.1, -0.05) is 25.4 Å². The Bertz CT molecular complexity index is 630. The van der Waals surface area contributed by atoms with Gasteiger partial charge < -0.3 is 15.2 Å². The third kappa shape index (κ3) is 3.40. The van der Waals surface area contributed by atoms with E-state index in [0.717, 1.165) is 44.6 Å². The number of hydrogen-bond donors (Lipinski definition) is 1. The van der Waals surface area contributed by atoms with Crippen LogP contribution in [-0.2, 0) is 4.79 Å². The van der Waals surface area contributed by atoms with Gasteiger partial charge in [0.05, 0.1) is 0 Å². The molecule has 0 spiro atoms. The molecule has 0 aromatic carbocycles. The maximum absolute atomic E-state index is 13.2. The fraction of sp³-hybridized carbons (Fsp3) is 0.850. The van der Waals surface area contributed by atoms with Gasteiger partial charge in [0.15, 0.2) is 5.82 Å². The van der Waals surface area contributed by atoms with Crippen molar-refractivity contribution in [3.8, 4) is 0 Å². The van der Waals surface area contributed by atoms with Gasteiger partial charge in [0.1, 0.15) is 0 Å². The SMILES string of the molecule is CC(C)c1nc(C2CCCN(C(=O)C3CC4CCCC(C3)C4N)C2)no1. The molecule has 2 bridgehead atoms. The molecular formula is C20H32N4O2. The highest BCUT2D eigenvalue weighted by molar-refractivity contribution is 5.79. The largest absolute Gasteiger partial charge is 0.342 e. The minimum Gasteiger partial charge on any atom is -0.342 e. The van der Waals surface area contributed by atoms with Crippen molar-refractivity contribution >= 4 is 5.91 Å². The molecule has 3 unspecified atom stereocenters. The molecule has 26 heavy (non-hydrogen) atoms. The van der Waals surface area contributed by atoms with Gasteiger partial charge in [-0.15, -0.1) is 0 Å². The summed E-state index contributed by atoms with van der Waals surface area (Å²) in [7, 11) is 0. The summed E-state index contributed by atoms with van der Waals surface area (Å²) in [4.78, 5) is 19.8. The van der Waals surface area contributed by atoms with E-state index in [1.165, 1.54) is 19.3 Å². The molecule has 1 aromatic rings. The average molecular weight is 361 g/mol. The molecule has 3 aliphatic rings. The lowest BCUT2D eigenvalue weighted by Crippen LogP contribution is -2.51. The van der Waals surface area contributed by atoms with Gasteiger partial charge >= 0.3 is 0 Å². The molecule has 2 aliphatic carbocycles. The molecular weight excluding hydrogens is 328 g/mol. The van der Waals surface area contributed by atoms with E-state index in [4.69, 9.17) is 10.3 Å². The van der Waals surface area contributed by atoms with Crippen LogP contribution in [0.2, 0.25) is 0 Å². The first-order valence-electron chi connectivity index (χ1n) is 10.4. The molecule has 144 valence electrons. The predicted molar refractivity (Wildman–Crippen MR) is 98.5 cm³/mol. The van der Waals surface area contributed by atoms with Crippen molar-refractivity contribution < 1.29 is 9.32 Å². The van der Waals surface area contributed by atoms with E-state index in [9.17, 15) is 4.79 Å². The van der Waals surface area contributed by atoms with Crippen molar-refractivity contribution in [1.82, 2.24) is 15.0 Å². The third-order valence-corrected chi connectivity index (χ3v) is 6.81. The van der Waals surface area contributed by atoms with Gasteiger partial charge in [-0.25, -0.2) is 0 Å². The Balaban J connectivity index is 1.41. The molecule has 2 saturated carbocycles. The van der Waals surface area contributed by atoms with E-state index in [0.29, 0.717) is 29.7 Å². The Morgan fingerprint density at radius 1 is 1.19 bits per heavy atom. The molecule has 2 heterocycles. The number of carbonyl (C=O) groups excluding carboxylic acids is 1. The summed E-state index contributed by atoms with van der Waals surface area (Å²) in [6.07, 6.45) is 7.69. The third-order valence-electron chi connectivity index (χ3n) is 6.81. The van der Waals surface area contributed by atoms with E-state index in [-0.39, 0.29) is 17.8 Å². The van der Waals surface area contributed by atoms with E-state index in [2.05, 4.69) is 28.9 Å². The van der Waals surface area contributed by atoms with Gasteiger partial charge in [-0.05, 0) is 50.4 Å². The van der Waals surface area contributed by atoms with Crippen molar-refractivity contribution in [2.75, 3.05) is 13.1 Å². The number of carbonyl (C=O) groups is 1. The number of nitrogens with zero attached hydrogens (tertiary/aromatic N) is 3. The molecule has 6 nitrogen and oxygen atoms in total.